The van der Waals surface area contributed by atoms with Crippen molar-refractivity contribution in [1.82, 2.24) is 0 Å². The van der Waals surface area contributed by atoms with Crippen LogP contribution < -0.4 is 9.64 Å². The number of ether oxygens (including phenoxy) is 1. The second-order valence-electron chi connectivity index (χ2n) is 5.90. The van der Waals surface area contributed by atoms with E-state index in [1.54, 1.807) is 0 Å². The molecule has 1 aromatic carbocycles. The summed E-state index contributed by atoms with van der Waals surface area (Å²) in [6.45, 7) is 0.799. The van der Waals surface area contributed by atoms with Crippen LogP contribution in [0.4, 0.5) is 5.69 Å². The molecule has 1 saturated carbocycles. The zero-order chi connectivity index (χ0) is 13.7. The van der Waals surface area contributed by atoms with Gasteiger partial charge in [0.05, 0.1) is 6.61 Å². The summed E-state index contributed by atoms with van der Waals surface area (Å²) in [5.41, 5.74) is 1.47. The number of benzene rings is 1. The average molecular weight is 279 g/mol. The summed E-state index contributed by atoms with van der Waals surface area (Å²) >= 11 is 4.56. The maximum atomic E-state index is 6.06. The second-order valence-corrected chi connectivity index (χ2v) is 6.22. The Kier molecular flexibility index (Phi) is 5.03. The van der Waals surface area contributed by atoms with Gasteiger partial charge in [0.25, 0.3) is 0 Å². The number of hydrogen-bond acceptors (Lipinski definition) is 3. The average Bonchev–Trinajstić information content (AvgIpc) is 2.46. The Balaban J connectivity index is 1.99. The first-order valence-electron chi connectivity index (χ1n) is 7.16. The lowest BCUT2D eigenvalue weighted by molar-refractivity contribution is 0.121. The highest BCUT2D eigenvalue weighted by Gasteiger charge is 2.31. The monoisotopic (exact) mass is 279 g/mol. The van der Waals surface area contributed by atoms with Crippen molar-refractivity contribution in [2.24, 2.45) is 5.41 Å². The Hall–Kier alpha value is -0.830. The SMILES string of the molecule is CN(C)c1cccc(OCC2(CS)CCCCC2)c1. The van der Waals surface area contributed by atoms with Crippen LogP contribution in [0.15, 0.2) is 24.3 Å². The van der Waals surface area contributed by atoms with Crippen molar-refractivity contribution in [2.75, 3.05) is 31.4 Å². The fourth-order valence-corrected chi connectivity index (χ4v) is 3.15. The molecule has 1 aliphatic rings. The van der Waals surface area contributed by atoms with Crippen LogP contribution in [-0.4, -0.2) is 26.5 Å². The van der Waals surface area contributed by atoms with Crippen molar-refractivity contribution in [3.8, 4) is 5.75 Å². The minimum atomic E-state index is 0.287. The van der Waals surface area contributed by atoms with Crippen molar-refractivity contribution in [3.05, 3.63) is 24.3 Å². The summed E-state index contributed by atoms with van der Waals surface area (Å²) < 4.78 is 6.06. The molecule has 0 aromatic heterocycles. The van der Waals surface area contributed by atoms with Crippen LogP contribution in [0.2, 0.25) is 0 Å². The Morgan fingerprint density at radius 1 is 1.21 bits per heavy atom. The van der Waals surface area contributed by atoms with E-state index in [0.29, 0.717) is 0 Å². The topological polar surface area (TPSA) is 12.5 Å². The van der Waals surface area contributed by atoms with Crippen LogP contribution in [0.1, 0.15) is 32.1 Å². The highest BCUT2D eigenvalue weighted by atomic mass is 32.1. The van der Waals surface area contributed by atoms with Gasteiger partial charge in [-0.2, -0.15) is 12.6 Å². The van der Waals surface area contributed by atoms with Crippen molar-refractivity contribution in [1.29, 1.82) is 0 Å². The smallest absolute Gasteiger partial charge is 0.121 e. The Morgan fingerprint density at radius 2 is 1.95 bits per heavy atom. The zero-order valence-electron chi connectivity index (χ0n) is 12.1. The molecular formula is C16H25NOS. The molecule has 0 radical (unpaired) electrons. The quantitative estimate of drug-likeness (QED) is 0.818. The summed E-state index contributed by atoms with van der Waals surface area (Å²) in [7, 11) is 4.10. The van der Waals surface area contributed by atoms with Crippen LogP contribution in [0.3, 0.4) is 0 Å². The van der Waals surface area contributed by atoms with Gasteiger partial charge in [-0.05, 0) is 30.7 Å². The first kappa shape index (κ1) is 14.6. The number of anilines is 1. The van der Waals surface area contributed by atoms with Crippen LogP contribution in [0, 0.1) is 5.41 Å². The summed E-state index contributed by atoms with van der Waals surface area (Å²) in [4.78, 5) is 2.10. The second kappa shape index (κ2) is 6.56. The molecule has 1 aromatic rings. The van der Waals surface area contributed by atoms with Crippen molar-refractivity contribution >= 4 is 18.3 Å². The highest BCUT2D eigenvalue weighted by Crippen LogP contribution is 2.37. The molecule has 0 heterocycles. The predicted octanol–water partition coefficient (Wildman–Crippen LogP) is 4.01. The molecule has 0 saturated heterocycles. The first-order chi connectivity index (χ1) is 9.15. The largest absolute Gasteiger partial charge is 0.493 e. The standard InChI is InChI=1S/C16H25NOS/c1-17(2)14-7-6-8-15(11-14)18-12-16(13-19)9-4-3-5-10-16/h6-8,11,19H,3-5,9-10,12-13H2,1-2H3. The van der Waals surface area contributed by atoms with Gasteiger partial charge in [0.1, 0.15) is 5.75 Å². The lowest BCUT2D eigenvalue weighted by Gasteiger charge is -2.35. The number of nitrogens with zero attached hydrogens (tertiary/aromatic N) is 1. The van der Waals surface area contributed by atoms with E-state index in [-0.39, 0.29) is 5.41 Å². The van der Waals surface area contributed by atoms with Crippen LogP contribution in [0.25, 0.3) is 0 Å². The Bertz CT molecular complexity index is 399. The zero-order valence-corrected chi connectivity index (χ0v) is 13.0. The molecule has 0 bridgehead atoms. The lowest BCUT2D eigenvalue weighted by Crippen LogP contribution is -2.33. The van der Waals surface area contributed by atoms with Gasteiger partial charge in [-0.1, -0.05) is 25.3 Å². The molecule has 0 N–H and O–H groups in total. The molecule has 0 unspecified atom stereocenters. The van der Waals surface area contributed by atoms with Crippen LogP contribution in [-0.2, 0) is 0 Å². The van der Waals surface area contributed by atoms with E-state index in [2.05, 4.69) is 49.8 Å². The highest BCUT2D eigenvalue weighted by molar-refractivity contribution is 7.80. The van der Waals surface area contributed by atoms with E-state index in [9.17, 15) is 0 Å². The van der Waals surface area contributed by atoms with Gasteiger partial charge in [0.15, 0.2) is 0 Å². The van der Waals surface area contributed by atoms with Gasteiger partial charge in [-0.3, -0.25) is 0 Å². The normalized spacial score (nSPS) is 18.1. The molecule has 0 amide bonds. The molecular weight excluding hydrogens is 254 g/mol. The lowest BCUT2D eigenvalue weighted by atomic mass is 9.76. The minimum absolute atomic E-state index is 0.287. The summed E-state index contributed by atoms with van der Waals surface area (Å²) in [6, 6.07) is 8.30. The third-order valence-corrected chi connectivity index (χ3v) is 4.80. The molecule has 0 atom stereocenters. The van der Waals surface area contributed by atoms with Crippen molar-refractivity contribution < 1.29 is 4.74 Å². The van der Waals surface area contributed by atoms with Gasteiger partial charge in [0, 0.05) is 31.3 Å². The Morgan fingerprint density at radius 3 is 2.58 bits per heavy atom. The molecule has 2 rings (SSSR count). The fraction of sp³-hybridized carbons (Fsp3) is 0.625. The van der Waals surface area contributed by atoms with Gasteiger partial charge >= 0.3 is 0 Å². The molecule has 2 nitrogen and oxygen atoms in total. The molecule has 0 aliphatic heterocycles. The fourth-order valence-electron chi connectivity index (χ4n) is 2.74. The van der Waals surface area contributed by atoms with E-state index in [4.69, 9.17) is 4.74 Å². The molecule has 1 fully saturated rings. The van der Waals surface area contributed by atoms with E-state index in [0.717, 1.165) is 18.1 Å². The summed E-state index contributed by atoms with van der Waals surface area (Å²) in [6.07, 6.45) is 6.52. The first-order valence-corrected chi connectivity index (χ1v) is 7.80. The van der Waals surface area contributed by atoms with Gasteiger partial charge in [-0.25, -0.2) is 0 Å². The van der Waals surface area contributed by atoms with E-state index in [1.165, 1.54) is 37.8 Å². The van der Waals surface area contributed by atoms with Crippen LogP contribution >= 0.6 is 12.6 Å². The number of rotatable bonds is 5. The third kappa shape index (κ3) is 3.82. The minimum Gasteiger partial charge on any atom is -0.493 e. The van der Waals surface area contributed by atoms with E-state index >= 15 is 0 Å². The number of thiol groups is 1. The Labute approximate surface area is 122 Å². The van der Waals surface area contributed by atoms with Gasteiger partial charge < -0.3 is 9.64 Å². The molecule has 106 valence electrons. The molecule has 3 heteroatoms. The molecule has 0 spiro atoms. The number of hydrogen-bond donors (Lipinski definition) is 1. The molecule has 1 aliphatic carbocycles. The maximum Gasteiger partial charge on any atom is 0.121 e. The van der Waals surface area contributed by atoms with Crippen molar-refractivity contribution in [2.45, 2.75) is 32.1 Å². The predicted molar refractivity (Wildman–Crippen MR) is 85.6 cm³/mol. The third-order valence-electron chi connectivity index (χ3n) is 4.13. The van der Waals surface area contributed by atoms with Crippen LogP contribution in [0.5, 0.6) is 5.75 Å². The maximum absolute atomic E-state index is 6.06. The summed E-state index contributed by atoms with van der Waals surface area (Å²) in [5.74, 6) is 1.90. The summed E-state index contributed by atoms with van der Waals surface area (Å²) in [5, 5.41) is 0. The van der Waals surface area contributed by atoms with Crippen molar-refractivity contribution in [3.63, 3.8) is 0 Å². The van der Waals surface area contributed by atoms with E-state index in [1.807, 2.05) is 6.07 Å². The van der Waals surface area contributed by atoms with Gasteiger partial charge in [-0.15, -0.1) is 0 Å². The molecule has 19 heavy (non-hydrogen) atoms. The van der Waals surface area contributed by atoms with Gasteiger partial charge in [0.2, 0.25) is 0 Å². The van der Waals surface area contributed by atoms with E-state index < -0.39 is 0 Å².